The van der Waals surface area contributed by atoms with Gasteiger partial charge in [0.25, 0.3) is 0 Å². The topological polar surface area (TPSA) is 30.8 Å². The van der Waals surface area contributed by atoms with Gasteiger partial charge >= 0.3 is 0 Å². The van der Waals surface area contributed by atoms with Crippen molar-refractivity contribution >= 4 is 5.71 Å². The van der Waals surface area contributed by atoms with Gasteiger partial charge in [0.1, 0.15) is 6.61 Å². The van der Waals surface area contributed by atoms with E-state index in [0.29, 0.717) is 25.0 Å². The van der Waals surface area contributed by atoms with Gasteiger partial charge < -0.3 is 9.57 Å². The Kier molecular flexibility index (Phi) is 7.97. The lowest BCUT2D eigenvalue weighted by Gasteiger charge is -2.18. The Balaban J connectivity index is 2.13. The normalized spacial score (nSPS) is 13.6. The molecule has 0 amide bonds. The van der Waals surface area contributed by atoms with Gasteiger partial charge in [-0.25, -0.2) is 0 Å². The van der Waals surface area contributed by atoms with E-state index in [-0.39, 0.29) is 0 Å². The van der Waals surface area contributed by atoms with Crippen LogP contribution in [0.1, 0.15) is 39.7 Å². The third-order valence-electron chi connectivity index (χ3n) is 3.39. The van der Waals surface area contributed by atoms with Gasteiger partial charge in [-0.2, -0.15) is 0 Å². The molecule has 0 unspecified atom stereocenters. The highest BCUT2D eigenvalue weighted by molar-refractivity contribution is 5.78. The fourth-order valence-corrected chi connectivity index (χ4v) is 1.77. The first-order chi connectivity index (χ1) is 9.59. The molecular formula is C17H27NO2. The summed E-state index contributed by atoms with van der Waals surface area (Å²) in [6.45, 7) is 10.5. The lowest BCUT2D eigenvalue weighted by Crippen LogP contribution is -2.15. The Morgan fingerprint density at radius 1 is 1.10 bits per heavy atom. The van der Waals surface area contributed by atoms with Crippen LogP contribution in [-0.2, 0) is 16.2 Å². The van der Waals surface area contributed by atoms with Crippen molar-refractivity contribution in [2.45, 2.75) is 40.7 Å². The van der Waals surface area contributed by atoms with Crippen LogP contribution in [0.25, 0.3) is 0 Å². The largest absolute Gasteiger partial charge is 0.396 e. The summed E-state index contributed by atoms with van der Waals surface area (Å²) in [4.78, 5) is 5.30. The molecule has 0 aliphatic heterocycles. The quantitative estimate of drug-likeness (QED) is 0.383. The van der Waals surface area contributed by atoms with Gasteiger partial charge in [-0.05, 0) is 37.7 Å². The molecule has 3 heteroatoms. The van der Waals surface area contributed by atoms with Crippen molar-refractivity contribution in [2.24, 2.45) is 17.0 Å². The minimum Gasteiger partial charge on any atom is -0.396 e. The van der Waals surface area contributed by atoms with Crippen molar-refractivity contribution in [2.75, 3.05) is 13.2 Å². The molecule has 0 aliphatic carbocycles. The van der Waals surface area contributed by atoms with Crippen LogP contribution in [0.2, 0.25) is 0 Å². The first-order valence-corrected chi connectivity index (χ1v) is 7.34. The molecule has 20 heavy (non-hydrogen) atoms. The van der Waals surface area contributed by atoms with Crippen LogP contribution in [0.4, 0.5) is 0 Å². The van der Waals surface area contributed by atoms with Crippen LogP contribution in [0.15, 0.2) is 35.5 Å². The van der Waals surface area contributed by atoms with E-state index in [0.717, 1.165) is 18.7 Å². The summed E-state index contributed by atoms with van der Waals surface area (Å²) in [6.07, 6.45) is 1.05. The first-order valence-electron chi connectivity index (χ1n) is 7.34. The average Bonchev–Trinajstić information content (AvgIpc) is 2.44. The van der Waals surface area contributed by atoms with Crippen molar-refractivity contribution in [1.82, 2.24) is 0 Å². The maximum atomic E-state index is 5.71. The first kappa shape index (κ1) is 16.7. The van der Waals surface area contributed by atoms with Crippen LogP contribution in [0.3, 0.4) is 0 Å². The fourth-order valence-electron chi connectivity index (χ4n) is 1.77. The predicted octanol–water partition coefficient (Wildman–Crippen LogP) is 4.28. The molecule has 0 spiro atoms. The molecule has 0 radical (unpaired) electrons. The number of benzene rings is 1. The van der Waals surface area contributed by atoms with E-state index in [1.807, 2.05) is 32.0 Å². The Morgan fingerprint density at radius 2 is 1.80 bits per heavy atom. The second-order valence-corrected chi connectivity index (χ2v) is 5.62. The second-order valence-electron chi connectivity index (χ2n) is 5.62. The summed E-state index contributed by atoms with van der Waals surface area (Å²) < 4.78 is 5.71. The SMILES string of the molecule is CC(C)=NOC[C@H](C)[C@H](C)CCOCc1ccccc1. The smallest absolute Gasteiger partial charge is 0.120 e. The Labute approximate surface area is 123 Å². The van der Waals surface area contributed by atoms with E-state index in [9.17, 15) is 0 Å². The van der Waals surface area contributed by atoms with Gasteiger partial charge in [0, 0.05) is 6.61 Å². The van der Waals surface area contributed by atoms with Gasteiger partial charge in [0.15, 0.2) is 0 Å². The zero-order chi connectivity index (χ0) is 14.8. The molecule has 1 rings (SSSR count). The van der Waals surface area contributed by atoms with E-state index in [2.05, 4.69) is 31.1 Å². The van der Waals surface area contributed by atoms with Gasteiger partial charge in [-0.3, -0.25) is 0 Å². The molecule has 1 aromatic carbocycles. The molecule has 1 aromatic rings. The van der Waals surface area contributed by atoms with Gasteiger partial charge in [-0.15, -0.1) is 0 Å². The van der Waals surface area contributed by atoms with Crippen LogP contribution in [0.5, 0.6) is 0 Å². The summed E-state index contributed by atoms with van der Waals surface area (Å²) >= 11 is 0. The molecule has 2 atom stereocenters. The van der Waals surface area contributed by atoms with Gasteiger partial charge in [-0.1, -0.05) is 49.3 Å². The fraction of sp³-hybridized carbons (Fsp3) is 0.588. The lowest BCUT2D eigenvalue weighted by molar-refractivity contribution is 0.0689. The molecular weight excluding hydrogens is 250 g/mol. The number of hydrogen-bond acceptors (Lipinski definition) is 3. The second kappa shape index (κ2) is 9.54. The van der Waals surface area contributed by atoms with E-state index in [4.69, 9.17) is 9.57 Å². The van der Waals surface area contributed by atoms with Gasteiger partial charge in [0.2, 0.25) is 0 Å². The Bertz CT molecular complexity index is 385. The standard InChI is InChI=1S/C17H27NO2/c1-14(2)18-20-12-16(4)15(3)10-11-19-13-17-8-6-5-7-9-17/h5-9,15-16H,10-13H2,1-4H3/t15-,16+/m1/s1. The maximum absolute atomic E-state index is 5.71. The van der Waals surface area contributed by atoms with Crippen molar-refractivity contribution in [1.29, 1.82) is 0 Å². The summed E-state index contributed by atoms with van der Waals surface area (Å²) in [5, 5.41) is 3.97. The predicted molar refractivity (Wildman–Crippen MR) is 83.8 cm³/mol. The molecule has 0 heterocycles. The van der Waals surface area contributed by atoms with E-state index in [1.54, 1.807) is 0 Å². The molecule has 0 fully saturated rings. The molecule has 0 N–H and O–H groups in total. The van der Waals surface area contributed by atoms with E-state index < -0.39 is 0 Å². The molecule has 0 aliphatic rings. The van der Waals surface area contributed by atoms with Crippen LogP contribution in [0, 0.1) is 11.8 Å². The average molecular weight is 277 g/mol. The monoisotopic (exact) mass is 277 g/mol. The minimum atomic E-state index is 0.485. The van der Waals surface area contributed by atoms with Crippen molar-refractivity contribution in [3.05, 3.63) is 35.9 Å². The lowest BCUT2D eigenvalue weighted by atomic mass is 9.94. The van der Waals surface area contributed by atoms with Crippen molar-refractivity contribution in [3.63, 3.8) is 0 Å². The number of hydrogen-bond donors (Lipinski definition) is 0. The molecule has 3 nitrogen and oxygen atoms in total. The minimum absolute atomic E-state index is 0.485. The molecule has 0 saturated heterocycles. The molecule has 112 valence electrons. The molecule has 0 aromatic heterocycles. The van der Waals surface area contributed by atoms with E-state index in [1.165, 1.54) is 5.56 Å². The van der Waals surface area contributed by atoms with Crippen LogP contribution >= 0.6 is 0 Å². The molecule has 0 saturated carbocycles. The highest BCUT2D eigenvalue weighted by Crippen LogP contribution is 2.16. The number of ether oxygens (including phenoxy) is 1. The number of rotatable bonds is 9. The summed E-state index contributed by atoms with van der Waals surface area (Å²) in [7, 11) is 0. The van der Waals surface area contributed by atoms with Crippen LogP contribution < -0.4 is 0 Å². The highest BCUT2D eigenvalue weighted by atomic mass is 16.6. The third-order valence-corrected chi connectivity index (χ3v) is 3.39. The Morgan fingerprint density at radius 3 is 2.45 bits per heavy atom. The van der Waals surface area contributed by atoms with Gasteiger partial charge in [0.05, 0.1) is 12.3 Å². The molecule has 0 bridgehead atoms. The third kappa shape index (κ3) is 7.29. The van der Waals surface area contributed by atoms with Crippen molar-refractivity contribution in [3.8, 4) is 0 Å². The number of nitrogens with zero attached hydrogens (tertiary/aromatic N) is 1. The summed E-state index contributed by atoms with van der Waals surface area (Å²) in [5.41, 5.74) is 2.18. The Hall–Kier alpha value is -1.35. The summed E-state index contributed by atoms with van der Waals surface area (Å²) in [5.74, 6) is 1.05. The summed E-state index contributed by atoms with van der Waals surface area (Å²) in [6, 6.07) is 10.3. The highest BCUT2D eigenvalue weighted by Gasteiger charge is 2.12. The number of oxime groups is 1. The maximum Gasteiger partial charge on any atom is 0.120 e. The van der Waals surface area contributed by atoms with Crippen LogP contribution in [-0.4, -0.2) is 18.9 Å². The van der Waals surface area contributed by atoms with Crippen molar-refractivity contribution < 1.29 is 9.57 Å². The zero-order valence-electron chi connectivity index (χ0n) is 13.1. The zero-order valence-corrected chi connectivity index (χ0v) is 13.1. The van der Waals surface area contributed by atoms with E-state index >= 15 is 0 Å².